The number of nitrogens with zero attached hydrogens (tertiary/aromatic N) is 2. The number of carbonyl (C=O) groups is 1. The number of methoxy groups -OCH3 is 1. The smallest absolute Gasteiger partial charge is 0.256 e. The van der Waals surface area contributed by atoms with Crippen LogP contribution in [0.25, 0.3) is 16.9 Å². The number of ether oxygens (including phenoxy) is 3. The summed E-state index contributed by atoms with van der Waals surface area (Å²) in [6.07, 6.45) is 0. The van der Waals surface area contributed by atoms with Crippen LogP contribution in [0, 0.1) is 5.82 Å². The van der Waals surface area contributed by atoms with Gasteiger partial charge in [-0.1, -0.05) is 23.7 Å². The first kappa shape index (κ1) is 20.1. The number of halogens is 2. The van der Waals surface area contributed by atoms with Gasteiger partial charge in [-0.25, -0.2) is 13.8 Å². The third-order valence-electron chi connectivity index (χ3n) is 5.05. The molecule has 1 amide bonds. The van der Waals surface area contributed by atoms with Crippen molar-refractivity contribution in [2.75, 3.05) is 25.6 Å². The molecule has 0 saturated carbocycles. The lowest BCUT2D eigenvalue weighted by atomic mass is 10.1. The molecule has 1 N–H and O–H groups in total. The predicted octanol–water partition coefficient (Wildman–Crippen LogP) is 4.83. The number of imidazole rings is 1. The molecule has 0 aliphatic carbocycles. The molecule has 0 fully saturated rings. The van der Waals surface area contributed by atoms with E-state index in [1.807, 2.05) is 0 Å². The Morgan fingerprint density at radius 2 is 1.91 bits per heavy atom. The van der Waals surface area contributed by atoms with Gasteiger partial charge in [0.25, 0.3) is 5.91 Å². The summed E-state index contributed by atoms with van der Waals surface area (Å²) >= 11 is 6.31. The number of hydrogen-bond donors (Lipinski definition) is 1. The molecule has 2 aromatic heterocycles. The molecule has 5 rings (SSSR count). The van der Waals surface area contributed by atoms with E-state index < -0.39 is 11.7 Å². The maximum atomic E-state index is 14.8. The summed E-state index contributed by atoms with van der Waals surface area (Å²) in [5.41, 5.74) is 1.06. The van der Waals surface area contributed by atoms with E-state index >= 15 is 0 Å². The zero-order valence-corrected chi connectivity index (χ0v) is 17.6. The molecule has 7 nitrogen and oxygen atoms in total. The molecule has 4 aromatic rings. The molecule has 0 spiro atoms. The lowest BCUT2D eigenvalue weighted by Crippen LogP contribution is -2.18. The van der Waals surface area contributed by atoms with Crippen molar-refractivity contribution in [1.29, 1.82) is 0 Å². The average Bonchev–Trinajstić information content (AvgIpc) is 3.16. The normalized spacial score (nSPS) is 12.6. The van der Waals surface area contributed by atoms with Crippen molar-refractivity contribution in [2.24, 2.45) is 0 Å². The maximum absolute atomic E-state index is 14.8. The van der Waals surface area contributed by atoms with E-state index in [4.69, 9.17) is 25.8 Å². The van der Waals surface area contributed by atoms with Gasteiger partial charge in [0, 0.05) is 5.56 Å². The first-order valence-electron chi connectivity index (χ1n) is 9.77. The van der Waals surface area contributed by atoms with Crippen LogP contribution in [0.1, 0.15) is 10.4 Å². The summed E-state index contributed by atoms with van der Waals surface area (Å²) in [6, 6.07) is 14.4. The molecule has 0 radical (unpaired) electrons. The highest BCUT2D eigenvalue weighted by atomic mass is 35.5. The van der Waals surface area contributed by atoms with Crippen LogP contribution in [-0.4, -0.2) is 35.6 Å². The van der Waals surface area contributed by atoms with Crippen molar-refractivity contribution in [3.8, 4) is 28.6 Å². The van der Waals surface area contributed by atoms with Gasteiger partial charge >= 0.3 is 0 Å². The Morgan fingerprint density at radius 1 is 1.12 bits per heavy atom. The standard InChI is InChI=1S/C23H17ClFN3O4/c1-30-19-7-3-6-18-26-21(20-14(24)4-2-5-15(20)25)22(28(18)19)27-23(29)13-8-9-16-17(12-13)32-11-10-31-16/h2-9,12H,10-11H2,1H3,(H,27,29). The first-order chi connectivity index (χ1) is 15.6. The number of pyridine rings is 1. The fourth-order valence-electron chi connectivity index (χ4n) is 3.60. The molecule has 0 atom stereocenters. The van der Waals surface area contributed by atoms with E-state index in [2.05, 4.69) is 10.3 Å². The predicted molar refractivity (Wildman–Crippen MR) is 118 cm³/mol. The van der Waals surface area contributed by atoms with Crippen LogP contribution in [-0.2, 0) is 0 Å². The number of fused-ring (bicyclic) bond motifs is 2. The molecule has 32 heavy (non-hydrogen) atoms. The van der Waals surface area contributed by atoms with Crippen molar-refractivity contribution in [3.05, 3.63) is 71.0 Å². The van der Waals surface area contributed by atoms with E-state index in [0.717, 1.165) is 0 Å². The summed E-state index contributed by atoms with van der Waals surface area (Å²) < 4.78 is 32.9. The Morgan fingerprint density at radius 3 is 2.69 bits per heavy atom. The summed E-state index contributed by atoms with van der Waals surface area (Å²) in [5, 5.41) is 3.01. The van der Waals surface area contributed by atoms with Gasteiger partial charge in [-0.15, -0.1) is 0 Å². The number of benzene rings is 2. The minimum absolute atomic E-state index is 0.0809. The number of carbonyl (C=O) groups excluding carboxylic acids is 1. The second-order valence-corrected chi connectivity index (χ2v) is 7.39. The molecule has 0 saturated heterocycles. The highest BCUT2D eigenvalue weighted by molar-refractivity contribution is 6.33. The van der Waals surface area contributed by atoms with Crippen LogP contribution in [0.4, 0.5) is 10.2 Å². The molecule has 0 bridgehead atoms. The molecule has 3 heterocycles. The zero-order valence-electron chi connectivity index (χ0n) is 16.9. The molecular weight excluding hydrogens is 437 g/mol. The average molecular weight is 454 g/mol. The van der Waals surface area contributed by atoms with Crippen LogP contribution in [0.2, 0.25) is 5.02 Å². The minimum atomic E-state index is -0.560. The van der Waals surface area contributed by atoms with Gasteiger partial charge in [0.2, 0.25) is 5.88 Å². The van der Waals surface area contributed by atoms with Crippen LogP contribution in [0.5, 0.6) is 17.4 Å². The lowest BCUT2D eigenvalue weighted by molar-refractivity contribution is 0.102. The Bertz CT molecular complexity index is 1330. The zero-order chi connectivity index (χ0) is 22.2. The second-order valence-electron chi connectivity index (χ2n) is 6.98. The van der Waals surface area contributed by atoms with Crippen molar-refractivity contribution in [3.63, 3.8) is 0 Å². The Labute approximate surface area is 187 Å². The Kier molecular flexibility index (Phi) is 5.07. The fourth-order valence-corrected chi connectivity index (χ4v) is 3.85. The van der Waals surface area contributed by atoms with Crippen molar-refractivity contribution in [2.45, 2.75) is 0 Å². The van der Waals surface area contributed by atoms with E-state index in [0.29, 0.717) is 41.8 Å². The number of hydrogen-bond acceptors (Lipinski definition) is 5. The number of anilines is 1. The fraction of sp³-hybridized carbons (Fsp3) is 0.130. The number of rotatable bonds is 4. The lowest BCUT2D eigenvalue weighted by Gasteiger charge is -2.18. The second kappa shape index (κ2) is 8.05. The van der Waals surface area contributed by atoms with Crippen LogP contribution < -0.4 is 19.5 Å². The number of nitrogens with one attached hydrogen (secondary N) is 1. The van der Waals surface area contributed by atoms with E-state index in [-0.39, 0.29) is 22.1 Å². The van der Waals surface area contributed by atoms with Gasteiger partial charge in [-0.2, -0.15) is 0 Å². The van der Waals surface area contributed by atoms with Gasteiger partial charge in [0.05, 0.1) is 17.7 Å². The quantitative estimate of drug-likeness (QED) is 0.479. The van der Waals surface area contributed by atoms with Gasteiger partial charge in [-0.3, -0.25) is 4.79 Å². The molecule has 0 unspecified atom stereocenters. The summed E-state index contributed by atoms with van der Waals surface area (Å²) in [4.78, 5) is 17.7. The molecule has 9 heteroatoms. The maximum Gasteiger partial charge on any atom is 0.256 e. The SMILES string of the molecule is COc1cccc2nc(-c3c(F)cccc3Cl)c(NC(=O)c3ccc4c(c3)OCCO4)n12. The Balaban J connectivity index is 1.65. The van der Waals surface area contributed by atoms with Gasteiger partial charge in [-0.05, 0) is 42.5 Å². The van der Waals surface area contributed by atoms with Gasteiger partial charge in [0.15, 0.2) is 11.5 Å². The largest absolute Gasteiger partial charge is 0.486 e. The molecule has 162 valence electrons. The molecule has 2 aromatic carbocycles. The first-order valence-corrected chi connectivity index (χ1v) is 10.2. The highest BCUT2D eigenvalue weighted by Crippen LogP contribution is 2.38. The summed E-state index contributed by atoms with van der Waals surface area (Å²) in [6.45, 7) is 0.853. The van der Waals surface area contributed by atoms with E-state index in [1.165, 1.54) is 19.2 Å². The summed E-state index contributed by atoms with van der Waals surface area (Å²) in [7, 11) is 1.50. The number of amides is 1. The van der Waals surface area contributed by atoms with Crippen molar-refractivity contribution < 1.29 is 23.4 Å². The molecular formula is C23H17ClFN3O4. The number of aromatic nitrogens is 2. The van der Waals surface area contributed by atoms with Crippen molar-refractivity contribution >= 4 is 29.0 Å². The highest BCUT2D eigenvalue weighted by Gasteiger charge is 2.24. The Hall–Kier alpha value is -3.78. The minimum Gasteiger partial charge on any atom is -0.486 e. The van der Waals surface area contributed by atoms with Crippen LogP contribution in [0.3, 0.4) is 0 Å². The molecule has 1 aliphatic heterocycles. The summed E-state index contributed by atoms with van der Waals surface area (Å²) in [5.74, 6) is 0.689. The molecule has 1 aliphatic rings. The monoisotopic (exact) mass is 453 g/mol. The van der Waals surface area contributed by atoms with Gasteiger partial charge in [0.1, 0.15) is 36.2 Å². The van der Waals surface area contributed by atoms with Crippen LogP contribution in [0.15, 0.2) is 54.6 Å². The van der Waals surface area contributed by atoms with E-state index in [1.54, 1.807) is 46.9 Å². The van der Waals surface area contributed by atoms with Gasteiger partial charge < -0.3 is 19.5 Å². The van der Waals surface area contributed by atoms with Crippen LogP contribution >= 0.6 is 11.6 Å². The third kappa shape index (κ3) is 3.38. The van der Waals surface area contributed by atoms with E-state index in [9.17, 15) is 9.18 Å². The van der Waals surface area contributed by atoms with Crippen molar-refractivity contribution in [1.82, 2.24) is 9.38 Å². The topological polar surface area (TPSA) is 74.1 Å². The third-order valence-corrected chi connectivity index (χ3v) is 5.37.